The van der Waals surface area contributed by atoms with Crippen LogP contribution in [0.3, 0.4) is 0 Å². The normalized spacial score (nSPS) is 17.9. The van der Waals surface area contributed by atoms with Crippen molar-refractivity contribution in [2.24, 2.45) is 5.84 Å². The number of hydrogen-bond donors (Lipinski definition) is 2. The molecule has 1 fully saturated rings. The Labute approximate surface area is 108 Å². The van der Waals surface area contributed by atoms with Crippen molar-refractivity contribution in [1.29, 1.82) is 0 Å². The molecule has 0 atom stereocenters. The van der Waals surface area contributed by atoms with E-state index in [0.29, 0.717) is 29.4 Å². The number of hydrogen-bond acceptors (Lipinski definition) is 5. The predicted molar refractivity (Wildman–Crippen MR) is 68.3 cm³/mol. The van der Waals surface area contributed by atoms with Crippen molar-refractivity contribution in [1.82, 2.24) is 10.3 Å². The zero-order valence-corrected chi connectivity index (χ0v) is 11.1. The number of amides is 1. The second-order valence-electron chi connectivity index (χ2n) is 4.28. The minimum atomic E-state index is -0.680. The van der Waals surface area contributed by atoms with Crippen molar-refractivity contribution in [3.05, 3.63) is 23.2 Å². The topological polar surface area (TPSA) is 88.6 Å². The van der Waals surface area contributed by atoms with Gasteiger partial charge in [0, 0.05) is 35.4 Å². The van der Waals surface area contributed by atoms with Crippen molar-refractivity contribution in [3.8, 4) is 0 Å². The number of nitrogen functional groups attached to an aromatic ring is 1. The Bertz CT molecular complexity index is 462. The molecule has 2 rings (SSSR count). The summed E-state index contributed by atoms with van der Waals surface area (Å²) in [6.45, 7) is 3.96. The Morgan fingerprint density at radius 1 is 1.56 bits per heavy atom. The van der Waals surface area contributed by atoms with E-state index in [0.717, 1.165) is 18.8 Å². The Kier molecular flexibility index (Phi) is 4.15. The van der Waals surface area contributed by atoms with Crippen molar-refractivity contribution in [2.45, 2.75) is 13.5 Å². The molecule has 1 aliphatic heterocycles. The van der Waals surface area contributed by atoms with Crippen molar-refractivity contribution in [2.75, 3.05) is 24.6 Å². The maximum atomic E-state index is 11.4. The first-order valence-corrected chi connectivity index (χ1v) is 7.26. The molecule has 0 aliphatic carbocycles. The molecule has 1 amide bonds. The number of rotatable bonds is 3. The van der Waals surface area contributed by atoms with E-state index in [4.69, 9.17) is 10.3 Å². The van der Waals surface area contributed by atoms with Crippen LogP contribution in [0.4, 0.5) is 0 Å². The summed E-state index contributed by atoms with van der Waals surface area (Å²) < 4.78 is 16.8. The summed E-state index contributed by atoms with van der Waals surface area (Å²) in [5, 5.41) is 0. The SMILES string of the molecule is Cc1oc(CN2CCS(=O)CC2)cc1C(=O)NN. The van der Waals surface area contributed by atoms with Gasteiger partial charge in [-0.1, -0.05) is 0 Å². The number of aryl methyl sites for hydroxylation is 1. The van der Waals surface area contributed by atoms with Crippen LogP contribution in [0.5, 0.6) is 0 Å². The molecule has 1 aromatic rings. The summed E-state index contributed by atoms with van der Waals surface area (Å²) >= 11 is 0. The lowest BCUT2D eigenvalue weighted by molar-refractivity contribution is 0.0952. The zero-order chi connectivity index (χ0) is 13.1. The Balaban J connectivity index is 2.02. The molecule has 3 N–H and O–H groups in total. The van der Waals surface area contributed by atoms with Gasteiger partial charge >= 0.3 is 0 Å². The maximum Gasteiger partial charge on any atom is 0.268 e. The third kappa shape index (κ3) is 2.98. The molecule has 1 aromatic heterocycles. The van der Waals surface area contributed by atoms with Crippen LogP contribution in [0.2, 0.25) is 0 Å². The van der Waals surface area contributed by atoms with Gasteiger partial charge in [-0.2, -0.15) is 0 Å². The quantitative estimate of drug-likeness (QED) is 0.450. The predicted octanol–water partition coefficient (Wildman–Crippen LogP) is -0.244. The molecule has 1 aliphatic rings. The summed E-state index contributed by atoms with van der Waals surface area (Å²) in [5.41, 5.74) is 2.56. The van der Waals surface area contributed by atoms with Crippen LogP contribution in [-0.2, 0) is 17.3 Å². The van der Waals surface area contributed by atoms with Crippen molar-refractivity contribution in [3.63, 3.8) is 0 Å². The fourth-order valence-electron chi connectivity index (χ4n) is 1.98. The Morgan fingerprint density at radius 3 is 2.83 bits per heavy atom. The molecule has 0 radical (unpaired) electrons. The van der Waals surface area contributed by atoms with Crippen LogP contribution in [0, 0.1) is 6.92 Å². The molecule has 7 heteroatoms. The van der Waals surface area contributed by atoms with Gasteiger partial charge in [0.2, 0.25) is 0 Å². The van der Waals surface area contributed by atoms with Gasteiger partial charge < -0.3 is 4.42 Å². The van der Waals surface area contributed by atoms with Crippen LogP contribution in [0.25, 0.3) is 0 Å². The van der Waals surface area contributed by atoms with E-state index in [1.165, 1.54) is 0 Å². The van der Waals surface area contributed by atoms with Gasteiger partial charge in [-0.3, -0.25) is 19.3 Å². The molecular formula is C11H17N3O3S. The maximum absolute atomic E-state index is 11.4. The highest BCUT2D eigenvalue weighted by Crippen LogP contribution is 2.17. The van der Waals surface area contributed by atoms with E-state index in [1.807, 2.05) is 0 Å². The molecule has 18 heavy (non-hydrogen) atoms. The van der Waals surface area contributed by atoms with E-state index in [9.17, 15) is 9.00 Å². The highest BCUT2D eigenvalue weighted by Gasteiger charge is 2.19. The van der Waals surface area contributed by atoms with Gasteiger partial charge in [-0.15, -0.1) is 0 Å². The first-order valence-electron chi connectivity index (χ1n) is 5.77. The summed E-state index contributed by atoms with van der Waals surface area (Å²) in [6.07, 6.45) is 0. The van der Waals surface area contributed by atoms with Gasteiger partial charge in [0.1, 0.15) is 11.5 Å². The Morgan fingerprint density at radius 2 is 2.22 bits per heavy atom. The molecule has 0 saturated carbocycles. The molecular weight excluding hydrogens is 254 g/mol. The van der Waals surface area contributed by atoms with Gasteiger partial charge in [-0.25, -0.2) is 5.84 Å². The third-order valence-electron chi connectivity index (χ3n) is 2.99. The molecule has 0 unspecified atom stereocenters. The van der Waals surface area contributed by atoms with Gasteiger partial charge in [0.15, 0.2) is 0 Å². The molecule has 0 spiro atoms. The van der Waals surface area contributed by atoms with Gasteiger partial charge in [-0.05, 0) is 13.0 Å². The number of hydrazine groups is 1. The zero-order valence-electron chi connectivity index (χ0n) is 10.3. The molecule has 100 valence electrons. The van der Waals surface area contributed by atoms with Crippen LogP contribution in [-0.4, -0.2) is 39.6 Å². The first kappa shape index (κ1) is 13.3. The second kappa shape index (κ2) is 5.64. The smallest absolute Gasteiger partial charge is 0.268 e. The lowest BCUT2D eigenvalue weighted by Gasteiger charge is -2.24. The number of nitrogens with one attached hydrogen (secondary N) is 1. The van der Waals surface area contributed by atoms with Crippen LogP contribution in [0.1, 0.15) is 21.9 Å². The lowest BCUT2D eigenvalue weighted by Crippen LogP contribution is -2.37. The highest BCUT2D eigenvalue weighted by atomic mass is 32.2. The average molecular weight is 271 g/mol. The summed E-state index contributed by atoms with van der Waals surface area (Å²) in [5.74, 6) is 7.46. The number of nitrogens with two attached hydrogens (primary N) is 1. The monoisotopic (exact) mass is 271 g/mol. The molecule has 2 heterocycles. The van der Waals surface area contributed by atoms with E-state index >= 15 is 0 Å². The number of carbonyl (C=O) groups excluding carboxylic acids is 1. The first-order chi connectivity index (χ1) is 8.60. The van der Waals surface area contributed by atoms with Crippen LogP contribution >= 0.6 is 0 Å². The Hall–Kier alpha value is -1.18. The number of nitrogens with zero attached hydrogens (tertiary/aromatic N) is 1. The molecule has 1 saturated heterocycles. The second-order valence-corrected chi connectivity index (χ2v) is 5.98. The lowest BCUT2D eigenvalue weighted by atomic mass is 10.2. The minimum Gasteiger partial charge on any atom is -0.464 e. The third-order valence-corrected chi connectivity index (χ3v) is 4.27. The fraction of sp³-hybridized carbons (Fsp3) is 0.545. The van der Waals surface area contributed by atoms with E-state index in [-0.39, 0.29) is 5.91 Å². The van der Waals surface area contributed by atoms with Crippen molar-refractivity contribution < 1.29 is 13.4 Å². The standard InChI is InChI=1S/C11H17N3O3S/c1-8-10(11(15)13-12)6-9(17-8)7-14-2-4-18(16)5-3-14/h6H,2-5,7,12H2,1H3,(H,13,15). The average Bonchev–Trinajstić information content (AvgIpc) is 2.72. The van der Waals surface area contributed by atoms with E-state index in [2.05, 4.69) is 10.3 Å². The summed E-state index contributed by atoms with van der Waals surface area (Å²) in [6, 6.07) is 1.71. The van der Waals surface area contributed by atoms with Gasteiger partial charge in [0.25, 0.3) is 5.91 Å². The van der Waals surface area contributed by atoms with Crippen LogP contribution in [0.15, 0.2) is 10.5 Å². The van der Waals surface area contributed by atoms with Crippen molar-refractivity contribution >= 4 is 16.7 Å². The summed E-state index contributed by atoms with van der Waals surface area (Å²) in [4.78, 5) is 13.6. The number of carbonyl (C=O) groups is 1. The fourth-order valence-corrected chi connectivity index (χ4v) is 3.11. The van der Waals surface area contributed by atoms with E-state index in [1.54, 1.807) is 13.0 Å². The molecule has 0 aromatic carbocycles. The number of furan rings is 1. The van der Waals surface area contributed by atoms with Gasteiger partial charge in [0.05, 0.1) is 12.1 Å². The summed E-state index contributed by atoms with van der Waals surface area (Å²) in [7, 11) is -0.680. The minimum absolute atomic E-state index is 0.345. The van der Waals surface area contributed by atoms with E-state index < -0.39 is 10.8 Å². The highest BCUT2D eigenvalue weighted by molar-refractivity contribution is 7.85. The molecule has 6 nitrogen and oxygen atoms in total. The molecule has 0 bridgehead atoms. The van der Waals surface area contributed by atoms with Crippen LogP contribution < -0.4 is 11.3 Å². The largest absolute Gasteiger partial charge is 0.464 e.